The quantitative estimate of drug-likeness (QED) is 0.426. The van der Waals surface area contributed by atoms with Crippen molar-refractivity contribution >= 4 is 0 Å². The fourth-order valence-corrected chi connectivity index (χ4v) is 0.724. The molecule has 0 saturated carbocycles. The van der Waals surface area contributed by atoms with E-state index in [1.165, 1.54) is 0 Å². The third-order valence-corrected chi connectivity index (χ3v) is 1.16. The lowest BCUT2D eigenvalue weighted by atomic mass is 10.2. The highest BCUT2D eigenvalue weighted by molar-refractivity contribution is 4.50. The average Bonchev–Trinajstić information content (AvgIpc) is 2.13. The van der Waals surface area contributed by atoms with Gasteiger partial charge in [-0.15, -0.1) is 26.0 Å². The van der Waals surface area contributed by atoms with Gasteiger partial charge in [0.25, 0.3) is 0 Å². The summed E-state index contributed by atoms with van der Waals surface area (Å²) in [5, 5.41) is 8.69. The Bertz CT molecular complexity index is 82.8. The largest absolute Gasteiger partial charge is 0.368 e. The zero-order chi connectivity index (χ0) is 9.11. The Morgan fingerprint density at radius 2 is 1.82 bits per heavy atom. The van der Waals surface area contributed by atoms with E-state index in [9.17, 15) is 0 Å². The van der Waals surface area contributed by atoms with E-state index in [-0.39, 0.29) is 0 Å². The molecule has 0 unspecified atom stereocenters. The van der Waals surface area contributed by atoms with Crippen molar-refractivity contribution < 1.29 is 9.84 Å². The minimum absolute atomic E-state index is 0.464. The van der Waals surface area contributed by atoms with E-state index in [1.54, 1.807) is 0 Å². The molecule has 11 heavy (non-hydrogen) atoms. The molecule has 0 bridgehead atoms. The molecule has 0 spiro atoms. The van der Waals surface area contributed by atoms with E-state index >= 15 is 0 Å². The Morgan fingerprint density at radius 1 is 1.27 bits per heavy atom. The van der Waals surface area contributed by atoms with Crippen molar-refractivity contribution in [3.63, 3.8) is 0 Å². The number of rotatable bonds is 0. The molecule has 1 rings (SSSR count). The number of aliphatic hydroxyl groups is 1. The maximum absolute atomic E-state index is 8.69. The van der Waals surface area contributed by atoms with E-state index < -0.39 is 6.29 Å². The van der Waals surface area contributed by atoms with Crippen LogP contribution in [0, 0.1) is 12.8 Å². The van der Waals surface area contributed by atoms with Gasteiger partial charge in [-0.1, -0.05) is 0 Å². The Kier molecular flexibility index (Phi) is 14.0. The number of aliphatic hydroxyl groups excluding tert-OH is 1. The summed E-state index contributed by atoms with van der Waals surface area (Å²) < 4.78 is 4.83. The highest BCUT2D eigenvalue weighted by atomic mass is 16.6. The summed E-state index contributed by atoms with van der Waals surface area (Å²) in [7, 11) is 0. The van der Waals surface area contributed by atoms with Crippen molar-refractivity contribution in [2.24, 2.45) is 0 Å². The predicted octanol–water partition coefficient (Wildman–Crippen LogP) is 1.56. The van der Waals surface area contributed by atoms with Crippen LogP contribution in [0.15, 0.2) is 13.2 Å². The van der Waals surface area contributed by atoms with Crippen LogP contribution in [0.2, 0.25) is 0 Å². The van der Waals surface area contributed by atoms with Gasteiger partial charge in [0.1, 0.15) is 0 Å². The molecule has 1 heterocycles. The number of hydrogen-bond donors (Lipinski definition) is 1. The molecule has 0 aromatic heterocycles. The first-order valence-electron chi connectivity index (χ1n) is 3.52. The number of ether oxygens (including phenoxy) is 1. The molecule has 1 fully saturated rings. The Labute approximate surface area is 68.9 Å². The van der Waals surface area contributed by atoms with Crippen LogP contribution >= 0.6 is 0 Å². The number of hydrogen-bond acceptors (Lipinski definition) is 2. The minimum Gasteiger partial charge on any atom is -0.368 e. The first-order chi connectivity index (χ1) is 5.39. The molecule has 1 saturated heterocycles. The standard InChI is InChI=1S/C5H10O2.C2H4.C2H2/c6-5-3-1-2-4-7-5;2*1-2/h5-6H,1-4H2;1-2H2;1-2H/t5-;;/m1../s1. The summed E-state index contributed by atoms with van der Waals surface area (Å²) in [6, 6.07) is 0. The summed E-state index contributed by atoms with van der Waals surface area (Å²) in [6.45, 7) is 6.74. The van der Waals surface area contributed by atoms with Crippen LogP contribution in [0.1, 0.15) is 19.3 Å². The lowest BCUT2D eigenvalue weighted by Crippen LogP contribution is -2.17. The molecule has 0 radical (unpaired) electrons. The van der Waals surface area contributed by atoms with Gasteiger partial charge in [0.2, 0.25) is 0 Å². The monoisotopic (exact) mass is 156 g/mol. The molecule has 2 heteroatoms. The zero-order valence-electron chi connectivity index (χ0n) is 6.83. The normalized spacial score (nSPS) is 21.5. The molecule has 1 aliphatic rings. The summed E-state index contributed by atoms with van der Waals surface area (Å²) in [5.41, 5.74) is 0. The maximum Gasteiger partial charge on any atom is 0.154 e. The lowest BCUT2D eigenvalue weighted by Gasteiger charge is -2.16. The van der Waals surface area contributed by atoms with Crippen LogP contribution < -0.4 is 0 Å². The highest BCUT2D eigenvalue weighted by Crippen LogP contribution is 2.08. The fraction of sp³-hybridized carbons (Fsp3) is 0.556. The van der Waals surface area contributed by atoms with Gasteiger partial charge in [-0.05, 0) is 19.3 Å². The molecule has 0 amide bonds. The van der Waals surface area contributed by atoms with Gasteiger partial charge < -0.3 is 9.84 Å². The second kappa shape index (κ2) is 12.0. The molecule has 1 aliphatic heterocycles. The van der Waals surface area contributed by atoms with E-state index in [2.05, 4.69) is 26.0 Å². The third-order valence-electron chi connectivity index (χ3n) is 1.16. The highest BCUT2D eigenvalue weighted by Gasteiger charge is 2.07. The molecule has 0 aromatic rings. The SMILES string of the molecule is C#C.C=C.O[C@H]1CCCCO1. The van der Waals surface area contributed by atoms with Gasteiger partial charge in [0.15, 0.2) is 6.29 Å². The average molecular weight is 156 g/mol. The van der Waals surface area contributed by atoms with Crippen molar-refractivity contribution in [3.05, 3.63) is 13.2 Å². The van der Waals surface area contributed by atoms with Crippen LogP contribution in [0.25, 0.3) is 0 Å². The van der Waals surface area contributed by atoms with Gasteiger partial charge in [0.05, 0.1) is 0 Å². The van der Waals surface area contributed by atoms with Crippen molar-refractivity contribution in [2.75, 3.05) is 6.61 Å². The molecule has 2 nitrogen and oxygen atoms in total. The van der Waals surface area contributed by atoms with Gasteiger partial charge in [-0.25, -0.2) is 0 Å². The Hall–Kier alpha value is -0.780. The van der Waals surface area contributed by atoms with Crippen LogP contribution in [0.3, 0.4) is 0 Å². The topological polar surface area (TPSA) is 29.5 Å². The summed E-state index contributed by atoms with van der Waals surface area (Å²) in [4.78, 5) is 0. The summed E-state index contributed by atoms with van der Waals surface area (Å²) >= 11 is 0. The van der Waals surface area contributed by atoms with Crippen LogP contribution in [-0.4, -0.2) is 18.0 Å². The van der Waals surface area contributed by atoms with Crippen molar-refractivity contribution in [1.29, 1.82) is 0 Å². The maximum atomic E-state index is 8.69. The first-order valence-corrected chi connectivity index (χ1v) is 3.52. The van der Waals surface area contributed by atoms with Crippen molar-refractivity contribution in [1.82, 2.24) is 0 Å². The van der Waals surface area contributed by atoms with E-state index in [0.717, 1.165) is 25.9 Å². The van der Waals surface area contributed by atoms with Crippen LogP contribution in [-0.2, 0) is 4.74 Å². The molecule has 1 N–H and O–H groups in total. The Balaban J connectivity index is 0. The summed E-state index contributed by atoms with van der Waals surface area (Å²) in [6.07, 6.45) is 10.6. The minimum atomic E-state index is -0.464. The van der Waals surface area contributed by atoms with Crippen molar-refractivity contribution in [3.8, 4) is 12.8 Å². The molecule has 64 valence electrons. The molecular weight excluding hydrogens is 140 g/mol. The molecule has 1 atom stereocenters. The second-order valence-corrected chi connectivity index (χ2v) is 1.82. The second-order valence-electron chi connectivity index (χ2n) is 1.82. The van der Waals surface area contributed by atoms with Gasteiger partial charge in [0, 0.05) is 6.61 Å². The number of terminal acetylenes is 1. The lowest BCUT2D eigenvalue weighted by molar-refractivity contribution is -0.123. The third kappa shape index (κ3) is 9.22. The van der Waals surface area contributed by atoms with E-state index in [0.29, 0.717) is 0 Å². The van der Waals surface area contributed by atoms with Crippen molar-refractivity contribution in [2.45, 2.75) is 25.6 Å². The molecule has 0 aromatic carbocycles. The smallest absolute Gasteiger partial charge is 0.154 e. The Morgan fingerprint density at radius 3 is 2.00 bits per heavy atom. The summed E-state index contributed by atoms with van der Waals surface area (Å²) in [5.74, 6) is 0. The van der Waals surface area contributed by atoms with E-state index in [4.69, 9.17) is 9.84 Å². The zero-order valence-corrected chi connectivity index (χ0v) is 6.83. The van der Waals surface area contributed by atoms with Gasteiger partial charge in [-0.2, -0.15) is 0 Å². The van der Waals surface area contributed by atoms with E-state index in [1.807, 2.05) is 0 Å². The van der Waals surface area contributed by atoms with Gasteiger partial charge >= 0.3 is 0 Å². The predicted molar refractivity (Wildman–Crippen MR) is 47.0 cm³/mol. The molecule has 0 aliphatic carbocycles. The van der Waals surface area contributed by atoms with Crippen LogP contribution in [0.4, 0.5) is 0 Å². The molecular formula is C9H16O2. The first kappa shape index (κ1) is 12.9. The van der Waals surface area contributed by atoms with Crippen LogP contribution in [0.5, 0.6) is 0 Å². The fourth-order valence-electron chi connectivity index (χ4n) is 0.724. The van der Waals surface area contributed by atoms with Gasteiger partial charge in [-0.3, -0.25) is 0 Å².